The van der Waals surface area contributed by atoms with Gasteiger partial charge >= 0.3 is 12.0 Å². The van der Waals surface area contributed by atoms with E-state index in [1.807, 2.05) is 0 Å². The van der Waals surface area contributed by atoms with E-state index >= 15 is 0 Å². The number of para-hydroxylation sites is 1. The molecular formula is C31H27F3N4O5. The molecule has 2 heterocycles. The average Bonchev–Trinajstić information content (AvgIpc) is 3.10. The van der Waals surface area contributed by atoms with Gasteiger partial charge in [0.05, 0.1) is 20.2 Å². The van der Waals surface area contributed by atoms with Crippen LogP contribution in [0.3, 0.4) is 0 Å². The van der Waals surface area contributed by atoms with E-state index < -0.39 is 59.6 Å². The van der Waals surface area contributed by atoms with Crippen molar-refractivity contribution in [1.82, 2.24) is 15.3 Å². The summed E-state index contributed by atoms with van der Waals surface area (Å²) in [4.78, 5) is 36.4. The number of halogens is 3. The Balaban J connectivity index is 1.76. The third-order valence-electron chi connectivity index (χ3n) is 7.22. The van der Waals surface area contributed by atoms with E-state index in [-0.39, 0.29) is 17.3 Å². The quantitative estimate of drug-likeness (QED) is 0.289. The molecule has 0 bridgehead atoms. The molecule has 1 aliphatic heterocycles. The predicted octanol–water partition coefficient (Wildman–Crippen LogP) is 4.43. The highest BCUT2D eigenvalue weighted by molar-refractivity contribution is 5.97. The highest BCUT2D eigenvalue weighted by atomic mass is 19.2. The van der Waals surface area contributed by atoms with Gasteiger partial charge in [0.25, 0.3) is 0 Å². The van der Waals surface area contributed by atoms with Crippen molar-refractivity contribution in [2.45, 2.75) is 32.0 Å². The fourth-order valence-corrected chi connectivity index (χ4v) is 5.31. The minimum absolute atomic E-state index is 0.125. The monoisotopic (exact) mass is 592 g/mol. The van der Waals surface area contributed by atoms with Gasteiger partial charge in [-0.05, 0) is 55.8 Å². The number of nitrogens with one attached hydrogen (secondary N) is 1. The second kappa shape index (κ2) is 11.7. The number of carboxylic acids is 1. The van der Waals surface area contributed by atoms with Crippen LogP contribution in [0.4, 0.5) is 18.9 Å². The van der Waals surface area contributed by atoms with Gasteiger partial charge in [0.2, 0.25) is 12.0 Å². The maximum absolute atomic E-state index is 14.8. The molecule has 2 atom stereocenters. The molecule has 9 nitrogen and oxygen atoms in total. The molecule has 5 rings (SSSR count). The zero-order chi connectivity index (χ0) is 30.9. The van der Waals surface area contributed by atoms with Gasteiger partial charge in [0, 0.05) is 28.2 Å². The van der Waals surface area contributed by atoms with Crippen molar-refractivity contribution in [2.24, 2.45) is 0 Å². The molecule has 1 amide bonds. The third-order valence-corrected chi connectivity index (χ3v) is 7.22. The number of amides is 1. The first-order chi connectivity index (χ1) is 20.5. The van der Waals surface area contributed by atoms with E-state index in [1.165, 1.54) is 13.2 Å². The molecule has 12 heteroatoms. The van der Waals surface area contributed by atoms with Crippen LogP contribution in [0, 0.1) is 31.3 Å². The van der Waals surface area contributed by atoms with Gasteiger partial charge in [-0.2, -0.15) is 0 Å². The van der Waals surface area contributed by atoms with E-state index in [4.69, 9.17) is 9.47 Å². The predicted molar refractivity (Wildman–Crippen MR) is 149 cm³/mol. The van der Waals surface area contributed by atoms with E-state index in [1.54, 1.807) is 62.4 Å². The van der Waals surface area contributed by atoms with Crippen molar-refractivity contribution in [1.29, 1.82) is 0 Å². The smallest absolute Gasteiger partial charge is 0.347 e. The number of hydrogen-bond acceptors (Lipinski definition) is 7. The lowest BCUT2D eigenvalue weighted by Gasteiger charge is -2.39. The van der Waals surface area contributed by atoms with Crippen LogP contribution in [-0.4, -0.2) is 46.7 Å². The van der Waals surface area contributed by atoms with Gasteiger partial charge in [-0.3, -0.25) is 10.1 Å². The molecular weight excluding hydrogens is 565 g/mol. The van der Waals surface area contributed by atoms with Gasteiger partial charge < -0.3 is 19.5 Å². The third kappa shape index (κ3) is 5.48. The van der Waals surface area contributed by atoms with Gasteiger partial charge in [-0.25, -0.2) is 27.9 Å². The number of nitrogens with zero attached hydrogens (tertiary/aromatic N) is 3. The zero-order valence-electron chi connectivity index (χ0n) is 23.4. The fraction of sp³-hybridized carbons (Fsp3) is 0.226. The zero-order valence-corrected chi connectivity index (χ0v) is 23.4. The van der Waals surface area contributed by atoms with Crippen molar-refractivity contribution in [3.63, 3.8) is 0 Å². The number of carbonyl (C=O) groups excluding carboxylic acids is 1. The number of aliphatic carboxylic acids is 1. The summed E-state index contributed by atoms with van der Waals surface area (Å²) >= 11 is 0. The average molecular weight is 593 g/mol. The summed E-state index contributed by atoms with van der Waals surface area (Å²) in [6.07, 6.45) is -1.78. The number of rotatable bonds is 8. The number of benzene rings is 3. The van der Waals surface area contributed by atoms with Crippen LogP contribution in [0.2, 0.25) is 0 Å². The Morgan fingerprint density at radius 1 is 1.02 bits per heavy atom. The summed E-state index contributed by atoms with van der Waals surface area (Å²) in [6, 6.07) is 15.8. The Morgan fingerprint density at radius 3 is 2.42 bits per heavy atom. The molecule has 0 aliphatic carbocycles. The summed E-state index contributed by atoms with van der Waals surface area (Å²) in [5, 5.41) is 13.8. The SMILES string of the molecule is COc1cccc(C2(C(Oc3nc(C)cc(C)n3)C(=O)O)NCC(=O)N(Cc3c(F)ccc(F)c3F)c3ccccc32)c1. The van der Waals surface area contributed by atoms with E-state index in [2.05, 4.69) is 15.3 Å². The Hall–Kier alpha value is -4.97. The first-order valence-electron chi connectivity index (χ1n) is 13.2. The van der Waals surface area contributed by atoms with E-state index in [0.717, 1.165) is 11.0 Å². The molecule has 2 unspecified atom stereocenters. The lowest BCUT2D eigenvalue weighted by Crippen LogP contribution is -2.58. The Kier molecular flexibility index (Phi) is 8.05. The van der Waals surface area contributed by atoms with E-state index in [0.29, 0.717) is 28.8 Å². The molecule has 0 spiro atoms. The fourth-order valence-electron chi connectivity index (χ4n) is 5.31. The molecule has 0 saturated heterocycles. The van der Waals surface area contributed by atoms with Crippen LogP contribution in [-0.2, 0) is 21.7 Å². The lowest BCUT2D eigenvalue weighted by molar-refractivity contribution is -0.149. The van der Waals surface area contributed by atoms with Crippen LogP contribution >= 0.6 is 0 Å². The molecule has 2 N–H and O–H groups in total. The lowest BCUT2D eigenvalue weighted by atomic mass is 9.77. The van der Waals surface area contributed by atoms with Crippen molar-refractivity contribution in [2.75, 3.05) is 18.6 Å². The van der Waals surface area contributed by atoms with Gasteiger partial charge in [0.1, 0.15) is 17.1 Å². The summed E-state index contributed by atoms with van der Waals surface area (Å²) in [6.45, 7) is 2.25. The van der Waals surface area contributed by atoms with E-state index in [9.17, 15) is 27.9 Å². The van der Waals surface area contributed by atoms with Crippen LogP contribution < -0.4 is 19.7 Å². The molecule has 0 fully saturated rings. The number of methoxy groups -OCH3 is 1. The number of aryl methyl sites for hydroxylation is 2. The van der Waals surface area contributed by atoms with Crippen LogP contribution in [0.5, 0.6) is 11.8 Å². The highest BCUT2D eigenvalue weighted by Gasteiger charge is 2.52. The first kappa shape index (κ1) is 29.5. The molecule has 4 aromatic rings. The van der Waals surface area contributed by atoms with Crippen LogP contribution in [0.1, 0.15) is 28.1 Å². The number of anilines is 1. The summed E-state index contributed by atoms with van der Waals surface area (Å²) < 4.78 is 55.1. The topological polar surface area (TPSA) is 114 Å². The first-order valence-corrected chi connectivity index (χ1v) is 13.2. The minimum Gasteiger partial charge on any atom is -0.497 e. The Bertz CT molecular complexity index is 1700. The number of aromatic nitrogens is 2. The minimum atomic E-state index is -1.80. The highest BCUT2D eigenvalue weighted by Crippen LogP contribution is 2.43. The second-order valence-electron chi connectivity index (χ2n) is 9.98. The summed E-state index contributed by atoms with van der Waals surface area (Å²) in [5.74, 6) is -5.44. The summed E-state index contributed by atoms with van der Waals surface area (Å²) in [7, 11) is 1.45. The Labute approximate surface area is 244 Å². The van der Waals surface area contributed by atoms with Crippen molar-refractivity contribution < 1.29 is 37.3 Å². The van der Waals surface area contributed by atoms with Crippen molar-refractivity contribution in [3.8, 4) is 11.8 Å². The Morgan fingerprint density at radius 2 is 1.72 bits per heavy atom. The standard InChI is InChI=1S/C31H27F3N4O5/c1-17-13-18(2)37-30(36-17)43-28(29(40)41)31(19-7-6-8-20(14-19)42-3)22-9-4-5-10-25(22)38(26(39)15-35-31)16-21-23(32)11-12-24(33)27(21)34/h4-14,28,35H,15-16H2,1-3H3,(H,40,41). The van der Waals surface area contributed by atoms with Gasteiger partial charge in [-0.1, -0.05) is 30.3 Å². The number of carboxylic acid groups (broad SMARTS) is 1. The van der Waals surface area contributed by atoms with Gasteiger partial charge in [-0.15, -0.1) is 0 Å². The van der Waals surface area contributed by atoms with Crippen molar-refractivity contribution >= 4 is 17.6 Å². The molecule has 43 heavy (non-hydrogen) atoms. The maximum Gasteiger partial charge on any atom is 0.347 e. The van der Waals surface area contributed by atoms with Gasteiger partial charge in [0.15, 0.2) is 11.6 Å². The molecule has 1 aliphatic rings. The molecule has 0 radical (unpaired) electrons. The molecule has 222 valence electrons. The molecule has 3 aromatic carbocycles. The normalized spacial score (nSPS) is 17.2. The van der Waals surface area contributed by atoms with Crippen molar-refractivity contribution in [3.05, 3.63) is 112 Å². The van der Waals surface area contributed by atoms with Crippen LogP contribution in [0.25, 0.3) is 0 Å². The molecule has 1 aromatic heterocycles. The summed E-state index contributed by atoms with van der Waals surface area (Å²) in [5.41, 5.74) is -0.696. The largest absolute Gasteiger partial charge is 0.497 e. The number of hydrogen-bond donors (Lipinski definition) is 2. The molecule has 0 saturated carbocycles. The number of fused-ring (bicyclic) bond motifs is 1. The maximum atomic E-state index is 14.8. The van der Waals surface area contributed by atoms with Crippen LogP contribution in [0.15, 0.2) is 66.7 Å². The number of ether oxygens (including phenoxy) is 2. The second-order valence-corrected chi connectivity index (χ2v) is 9.98. The number of carbonyl (C=O) groups is 2.